The number of phenolic OH excluding ortho intramolecular Hbond substituents is 1. The molecule has 0 unspecified atom stereocenters. The maximum absolute atomic E-state index is 10.7. The van der Waals surface area contributed by atoms with Gasteiger partial charge in [-0.25, -0.2) is 13.6 Å². The highest BCUT2D eigenvalue weighted by Crippen LogP contribution is 2.22. The molecule has 0 spiro atoms. The van der Waals surface area contributed by atoms with E-state index >= 15 is 0 Å². The van der Waals surface area contributed by atoms with Crippen LogP contribution in [-0.4, -0.2) is 33.4 Å². The molecule has 0 heterocycles. The average molecular weight is 453 g/mol. The second-order valence-electron chi connectivity index (χ2n) is 7.04. The summed E-state index contributed by atoms with van der Waals surface area (Å²) in [6.45, 7) is 3.90. The largest absolute Gasteiger partial charge is 0.507 e. The number of rotatable bonds is 5. The summed E-state index contributed by atoms with van der Waals surface area (Å²) < 4.78 is 26.6. The van der Waals surface area contributed by atoms with Gasteiger partial charge in [-0.3, -0.25) is 4.99 Å². The molecular weight excluding hydrogens is 424 g/mol. The van der Waals surface area contributed by atoms with Crippen molar-refractivity contribution < 1.29 is 18.3 Å². The van der Waals surface area contributed by atoms with Crippen molar-refractivity contribution in [3.63, 3.8) is 0 Å². The van der Waals surface area contributed by atoms with Gasteiger partial charge in [0.2, 0.25) is 10.0 Å². The number of hydrogen-bond donors (Lipinski definition) is 2. The van der Waals surface area contributed by atoms with Crippen molar-refractivity contribution in [3.8, 4) is 11.5 Å². The minimum absolute atomic E-state index is 0.156. The first-order valence-electron chi connectivity index (χ1n) is 9.83. The van der Waals surface area contributed by atoms with Gasteiger partial charge in [0.05, 0.1) is 17.7 Å². The van der Waals surface area contributed by atoms with Gasteiger partial charge in [0.25, 0.3) is 0 Å². The number of sulfonamides is 1. The molecule has 7 heteroatoms. The molecule has 3 rings (SSSR count). The molecule has 0 amide bonds. The third-order valence-electron chi connectivity index (χ3n) is 4.67. The Morgan fingerprint density at radius 3 is 2.09 bits per heavy atom. The molecule has 0 fully saturated rings. The predicted octanol–water partition coefficient (Wildman–Crippen LogP) is 4.57. The number of methoxy groups -OCH3 is 1. The maximum Gasteiger partial charge on any atom is 0.238 e. The van der Waals surface area contributed by atoms with Crippen molar-refractivity contribution >= 4 is 21.3 Å². The van der Waals surface area contributed by atoms with E-state index in [2.05, 4.69) is 4.99 Å². The Kier molecular flexibility index (Phi) is 8.75. The van der Waals surface area contributed by atoms with Crippen LogP contribution in [0.4, 0.5) is 0 Å². The number of phenols is 1. The number of ether oxygens (including phenoxy) is 1. The lowest BCUT2D eigenvalue weighted by atomic mass is 10.0. The summed E-state index contributed by atoms with van der Waals surface area (Å²) >= 11 is 0. The highest BCUT2D eigenvalue weighted by Gasteiger charge is 2.07. The Morgan fingerprint density at radius 1 is 1.00 bits per heavy atom. The number of aliphatic imine (C=N–C) groups is 1. The zero-order chi connectivity index (χ0) is 23.7. The summed E-state index contributed by atoms with van der Waals surface area (Å²) in [5, 5.41) is 14.8. The molecule has 0 saturated carbocycles. The van der Waals surface area contributed by atoms with Crippen molar-refractivity contribution in [3.05, 3.63) is 95.6 Å². The second kappa shape index (κ2) is 11.3. The van der Waals surface area contributed by atoms with Crippen molar-refractivity contribution in [2.45, 2.75) is 18.7 Å². The van der Waals surface area contributed by atoms with Crippen LogP contribution in [0.25, 0.3) is 5.57 Å². The smallest absolute Gasteiger partial charge is 0.238 e. The fourth-order valence-corrected chi connectivity index (χ4v) is 3.34. The highest BCUT2D eigenvalue weighted by atomic mass is 32.2. The molecule has 3 N–H and O–H groups in total. The third-order valence-corrected chi connectivity index (χ3v) is 5.60. The molecule has 6 nitrogen and oxygen atoms in total. The SMILES string of the molecule is CN=C(/C=C(\C)c1ccc(OC)cc1)c1ccccc1O.Cc1ccc(S(N)(=O)=O)cc1. The minimum Gasteiger partial charge on any atom is -0.507 e. The highest BCUT2D eigenvalue weighted by molar-refractivity contribution is 7.89. The molecule has 0 atom stereocenters. The number of aromatic hydroxyl groups is 1. The first-order chi connectivity index (χ1) is 15.2. The number of para-hydroxylation sites is 1. The van der Waals surface area contributed by atoms with E-state index in [0.29, 0.717) is 0 Å². The number of nitrogens with two attached hydrogens (primary N) is 1. The molecule has 0 aliphatic rings. The summed E-state index contributed by atoms with van der Waals surface area (Å²) in [7, 11) is -0.147. The molecule has 0 bridgehead atoms. The maximum atomic E-state index is 10.7. The number of benzene rings is 3. The summed E-state index contributed by atoms with van der Waals surface area (Å²) in [5.41, 5.74) is 4.65. The number of aryl methyl sites for hydroxylation is 1. The lowest BCUT2D eigenvalue weighted by Crippen LogP contribution is -2.11. The Bertz CT molecular complexity index is 1200. The van der Waals surface area contributed by atoms with Crippen LogP contribution < -0.4 is 9.88 Å². The fourth-order valence-electron chi connectivity index (χ4n) is 2.82. The van der Waals surface area contributed by atoms with Gasteiger partial charge in [-0.1, -0.05) is 42.0 Å². The summed E-state index contributed by atoms with van der Waals surface area (Å²) in [6.07, 6.45) is 1.97. The molecule has 3 aromatic rings. The van der Waals surface area contributed by atoms with Gasteiger partial charge in [-0.15, -0.1) is 0 Å². The van der Waals surface area contributed by atoms with E-state index in [4.69, 9.17) is 9.88 Å². The van der Waals surface area contributed by atoms with Crippen LogP contribution in [0.1, 0.15) is 23.6 Å². The van der Waals surface area contributed by atoms with Gasteiger partial charge in [0.15, 0.2) is 0 Å². The molecular formula is C25H28N2O4S. The Hall–Kier alpha value is -3.42. The molecule has 0 aliphatic heterocycles. The Labute approximate surface area is 189 Å². The quantitative estimate of drug-likeness (QED) is 0.554. The van der Waals surface area contributed by atoms with Gasteiger partial charge in [0, 0.05) is 12.6 Å². The van der Waals surface area contributed by atoms with Gasteiger partial charge in [0.1, 0.15) is 11.5 Å². The minimum atomic E-state index is -3.52. The van der Waals surface area contributed by atoms with Crippen molar-refractivity contribution in [2.24, 2.45) is 10.1 Å². The number of hydrogen-bond acceptors (Lipinski definition) is 5. The lowest BCUT2D eigenvalue weighted by molar-refractivity contribution is 0.415. The molecule has 0 aliphatic carbocycles. The third kappa shape index (κ3) is 7.08. The average Bonchev–Trinajstić information content (AvgIpc) is 2.78. The second-order valence-corrected chi connectivity index (χ2v) is 8.60. The first kappa shape index (κ1) is 24.8. The number of nitrogens with zero attached hydrogens (tertiary/aromatic N) is 1. The lowest BCUT2D eigenvalue weighted by Gasteiger charge is -2.07. The Balaban J connectivity index is 0.000000278. The van der Waals surface area contributed by atoms with E-state index in [1.54, 1.807) is 38.4 Å². The van der Waals surface area contributed by atoms with E-state index < -0.39 is 10.0 Å². The fraction of sp³-hybridized carbons (Fsp3) is 0.160. The van der Waals surface area contributed by atoms with Crippen LogP contribution in [0.3, 0.4) is 0 Å². The van der Waals surface area contributed by atoms with Crippen molar-refractivity contribution in [1.29, 1.82) is 0 Å². The predicted molar refractivity (Wildman–Crippen MR) is 130 cm³/mol. The summed E-state index contributed by atoms with van der Waals surface area (Å²) in [5.74, 6) is 1.06. The number of allylic oxidation sites excluding steroid dienone is 2. The summed E-state index contributed by atoms with van der Waals surface area (Å²) in [6, 6.07) is 21.5. The standard InChI is InChI=1S/C18H19NO2.C7H9NO2S/c1-13(14-8-10-15(21-3)11-9-14)12-17(19-2)16-6-4-5-7-18(16)20;1-6-2-4-7(5-3-6)11(8,9)10/h4-12,20H,1-3H3;2-5H,1H3,(H2,8,9,10)/b13-12+,19-17?;. The molecule has 0 saturated heterocycles. The van der Waals surface area contributed by atoms with E-state index in [-0.39, 0.29) is 10.6 Å². The van der Waals surface area contributed by atoms with E-state index in [1.165, 1.54) is 12.1 Å². The van der Waals surface area contributed by atoms with Crippen LogP contribution in [0.2, 0.25) is 0 Å². The topological polar surface area (TPSA) is 102 Å². The summed E-state index contributed by atoms with van der Waals surface area (Å²) in [4.78, 5) is 4.43. The number of primary sulfonamides is 1. The monoisotopic (exact) mass is 452 g/mol. The van der Waals surface area contributed by atoms with Crippen LogP contribution in [0.5, 0.6) is 11.5 Å². The van der Waals surface area contributed by atoms with Crippen LogP contribution in [-0.2, 0) is 10.0 Å². The van der Waals surface area contributed by atoms with Crippen LogP contribution in [0.15, 0.2) is 88.8 Å². The Morgan fingerprint density at radius 2 is 1.59 bits per heavy atom. The van der Waals surface area contributed by atoms with Crippen molar-refractivity contribution in [2.75, 3.05) is 14.2 Å². The van der Waals surface area contributed by atoms with Gasteiger partial charge >= 0.3 is 0 Å². The van der Waals surface area contributed by atoms with E-state index in [0.717, 1.165) is 33.7 Å². The normalized spacial score (nSPS) is 12.0. The van der Waals surface area contributed by atoms with E-state index in [1.807, 2.05) is 56.3 Å². The molecule has 32 heavy (non-hydrogen) atoms. The zero-order valence-corrected chi connectivity index (χ0v) is 19.4. The van der Waals surface area contributed by atoms with Crippen molar-refractivity contribution in [1.82, 2.24) is 0 Å². The molecule has 0 aromatic heterocycles. The zero-order valence-electron chi connectivity index (χ0n) is 18.6. The van der Waals surface area contributed by atoms with Gasteiger partial charge in [-0.05, 0) is 67.5 Å². The van der Waals surface area contributed by atoms with Crippen LogP contribution >= 0.6 is 0 Å². The molecule has 0 radical (unpaired) electrons. The first-order valence-corrected chi connectivity index (χ1v) is 11.4. The van der Waals surface area contributed by atoms with Crippen LogP contribution in [0, 0.1) is 6.92 Å². The molecule has 168 valence electrons. The van der Waals surface area contributed by atoms with E-state index in [9.17, 15) is 13.5 Å². The van der Waals surface area contributed by atoms with Gasteiger partial charge < -0.3 is 9.84 Å². The molecule has 3 aromatic carbocycles. The van der Waals surface area contributed by atoms with Gasteiger partial charge in [-0.2, -0.15) is 0 Å².